The molecule has 1 aromatic heterocycles. The highest BCUT2D eigenvalue weighted by molar-refractivity contribution is 6.10. The Labute approximate surface area is 88.5 Å². The zero-order valence-corrected chi connectivity index (χ0v) is 8.78. The van der Waals surface area contributed by atoms with E-state index < -0.39 is 0 Å². The second-order valence-corrected chi connectivity index (χ2v) is 3.61. The molecule has 0 unspecified atom stereocenters. The van der Waals surface area contributed by atoms with Gasteiger partial charge in [-0.05, 0) is 31.0 Å². The van der Waals surface area contributed by atoms with Crippen LogP contribution >= 0.6 is 0 Å². The minimum Gasteiger partial charge on any atom is -0.472 e. The lowest BCUT2D eigenvalue weighted by molar-refractivity contribution is 0.103. The molecule has 0 saturated heterocycles. The van der Waals surface area contributed by atoms with Crippen molar-refractivity contribution in [2.75, 3.05) is 0 Å². The molecule has 1 aromatic carbocycles. The highest BCUT2D eigenvalue weighted by Gasteiger charge is 2.14. The summed E-state index contributed by atoms with van der Waals surface area (Å²) < 4.78 is 4.92. The Morgan fingerprint density at radius 1 is 1.13 bits per heavy atom. The number of benzene rings is 1. The second-order valence-electron chi connectivity index (χ2n) is 3.61. The smallest absolute Gasteiger partial charge is 0.196 e. The molecule has 0 atom stereocenters. The SMILES string of the molecule is Cc1cccc(C)c1C(=O)c1ccoc1. The van der Waals surface area contributed by atoms with Crippen LogP contribution in [-0.2, 0) is 0 Å². The van der Waals surface area contributed by atoms with E-state index in [9.17, 15) is 4.79 Å². The van der Waals surface area contributed by atoms with Crippen LogP contribution in [0.25, 0.3) is 0 Å². The van der Waals surface area contributed by atoms with Crippen LogP contribution in [0, 0.1) is 13.8 Å². The molecule has 2 nitrogen and oxygen atoms in total. The van der Waals surface area contributed by atoms with E-state index in [1.165, 1.54) is 12.5 Å². The number of furan rings is 1. The van der Waals surface area contributed by atoms with Crippen LogP contribution in [0.3, 0.4) is 0 Å². The lowest BCUT2D eigenvalue weighted by atomic mass is 9.96. The molecule has 0 aliphatic carbocycles. The van der Waals surface area contributed by atoms with Crippen molar-refractivity contribution in [1.82, 2.24) is 0 Å². The van der Waals surface area contributed by atoms with Gasteiger partial charge in [-0.15, -0.1) is 0 Å². The number of carbonyl (C=O) groups excluding carboxylic acids is 1. The van der Waals surface area contributed by atoms with Gasteiger partial charge in [-0.3, -0.25) is 4.79 Å². The van der Waals surface area contributed by atoms with Crippen LogP contribution in [0.2, 0.25) is 0 Å². The third-order valence-electron chi connectivity index (χ3n) is 2.49. The Morgan fingerprint density at radius 2 is 1.80 bits per heavy atom. The van der Waals surface area contributed by atoms with Crippen LogP contribution in [0.5, 0.6) is 0 Å². The van der Waals surface area contributed by atoms with Gasteiger partial charge in [-0.1, -0.05) is 18.2 Å². The van der Waals surface area contributed by atoms with Gasteiger partial charge in [0.25, 0.3) is 0 Å². The molecular weight excluding hydrogens is 188 g/mol. The van der Waals surface area contributed by atoms with Crippen molar-refractivity contribution in [3.05, 3.63) is 59.0 Å². The normalized spacial score (nSPS) is 10.3. The third-order valence-corrected chi connectivity index (χ3v) is 2.49. The number of ketones is 1. The average molecular weight is 200 g/mol. The molecule has 0 fully saturated rings. The van der Waals surface area contributed by atoms with Gasteiger partial charge in [0, 0.05) is 5.56 Å². The Kier molecular flexibility index (Phi) is 2.42. The van der Waals surface area contributed by atoms with Crippen molar-refractivity contribution in [1.29, 1.82) is 0 Å². The van der Waals surface area contributed by atoms with Crippen molar-refractivity contribution in [2.45, 2.75) is 13.8 Å². The maximum absolute atomic E-state index is 12.1. The van der Waals surface area contributed by atoms with Crippen molar-refractivity contribution in [3.63, 3.8) is 0 Å². The Balaban J connectivity index is 2.51. The molecule has 0 aliphatic heterocycles. The summed E-state index contributed by atoms with van der Waals surface area (Å²) in [5.41, 5.74) is 3.38. The first kappa shape index (κ1) is 9.71. The van der Waals surface area contributed by atoms with E-state index >= 15 is 0 Å². The summed E-state index contributed by atoms with van der Waals surface area (Å²) in [6.45, 7) is 3.89. The van der Waals surface area contributed by atoms with E-state index in [2.05, 4.69) is 0 Å². The zero-order chi connectivity index (χ0) is 10.8. The van der Waals surface area contributed by atoms with Crippen LogP contribution in [-0.4, -0.2) is 5.78 Å². The standard InChI is InChI=1S/C13H12O2/c1-9-4-3-5-10(2)12(9)13(14)11-6-7-15-8-11/h3-8H,1-2H3. The summed E-state index contributed by atoms with van der Waals surface area (Å²) in [5.74, 6) is 0.0272. The zero-order valence-electron chi connectivity index (χ0n) is 8.78. The Morgan fingerprint density at radius 3 is 2.33 bits per heavy atom. The van der Waals surface area contributed by atoms with E-state index in [1.54, 1.807) is 6.07 Å². The van der Waals surface area contributed by atoms with Gasteiger partial charge in [-0.25, -0.2) is 0 Å². The molecule has 0 radical (unpaired) electrons. The van der Waals surface area contributed by atoms with Crippen LogP contribution in [0.15, 0.2) is 41.2 Å². The highest BCUT2D eigenvalue weighted by Crippen LogP contribution is 2.18. The molecule has 0 spiro atoms. The number of rotatable bonds is 2. The minimum absolute atomic E-state index is 0.0272. The predicted octanol–water partition coefficient (Wildman–Crippen LogP) is 3.13. The minimum atomic E-state index is 0.0272. The van der Waals surface area contributed by atoms with E-state index in [0.717, 1.165) is 16.7 Å². The summed E-state index contributed by atoms with van der Waals surface area (Å²) in [5, 5.41) is 0. The first-order valence-electron chi connectivity index (χ1n) is 4.83. The monoisotopic (exact) mass is 200 g/mol. The largest absolute Gasteiger partial charge is 0.472 e. The average Bonchev–Trinajstić information content (AvgIpc) is 2.69. The molecule has 0 saturated carbocycles. The van der Waals surface area contributed by atoms with Gasteiger partial charge in [0.05, 0.1) is 11.8 Å². The molecule has 2 heteroatoms. The number of aryl methyl sites for hydroxylation is 2. The van der Waals surface area contributed by atoms with Crippen molar-refractivity contribution < 1.29 is 9.21 Å². The fraction of sp³-hybridized carbons (Fsp3) is 0.154. The number of hydrogen-bond donors (Lipinski definition) is 0. The van der Waals surface area contributed by atoms with Crippen molar-refractivity contribution in [3.8, 4) is 0 Å². The summed E-state index contributed by atoms with van der Waals surface area (Å²) in [6, 6.07) is 7.53. The topological polar surface area (TPSA) is 30.2 Å². The molecule has 76 valence electrons. The summed E-state index contributed by atoms with van der Waals surface area (Å²) in [4.78, 5) is 12.1. The van der Waals surface area contributed by atoms with Gasteiger partial charge in [0.2, 0.25) is 0 Å². The maximum atomic E-state index is 12.1. The van der Waals surface area contributed by atoms with E-state index in [1.807, 2.05) is 32.0 Å². The van der Waals surface area contributed by atoms with Crippen LogP contribution < -0.4 is 0 Å². The van der Waals surface area contributed by atoms with Crippen LogP contribution in [0.4, 0.5) is 0 Å². The first-order valence-corrected chi connectivity index (χ1v) is 4.83. The molecule has 0 aliphatic rings. The summed E-state index contributed by atoms with van der Waals surface area (Å²) >= 11 is 0. The van der Waals surface area contributed by atoms with E-state index in [4.69, 9.17) is 4.42 Å². The van der Waals surface area contributed by atoms with Gasteiger partial charge < -0.3 is 4.42 Å². The van der Waals surface area contributed by atoms with Gasteiger partial charge >= 0.3 is 0 Å². The molecule has 0 bridgehead atoms. The summed E-state index contributed by atoms with van der Waals surface area (Å²) in [7, 11) is 0. The maximum Gasteiger partial charge on any atom is 0.196 e. The molecule has 1 heterocycles. The number of hydrogen-bond acceptors (Lipinski definition) is 2. The fourth-order valence-corrected chi connectivity index (χ4v) is 1.71. The molecule has 2 rings (SSSR count). The summed E-state index contributed by atoms with van der Waals surface area (Å²) in [6.07, 6.45) is 3.00. The van der Waals surface area contributed by atoms with E-state index in [0.29, 0.717) is 5.56 Å². The van der Waals surface area contributed by atoms with E-state index in [-0.39, 0.29) is 5.78 Å². The van der Waals surface area contributed by atoms with Gasteiger partial charge in [0.15, 0.2) is 5.78 Å². The number of carbonyl (C=O) groups is 1. The fourth-order valence-electron chi connectivity index (χ4n) is 1.71. The lowest BCUT2D eigenvalue weighted by Crippen LogP contribution is -2.04. The molecular formula is C13H12O2. The van der Waals surface area contributed by atoms with Crippen LogP contribution in [0.1, 0.15) is 27.0 Å². The second kappa shape index (κ2) is 3.73. The molecule has 0 amide bonds. The van der Waals surface area contributed by atoms with Crippen molar-refractivity contribution >= 4 is 5.78 Å². The quantitative estimate of drug-likeness (QED) is 0.697. The third kappa shape index (κ3) is 1.71. The van der Waals surface area contributed by atoms with Crippen molar-refractivity contribution in [2.24, 2.45) is 0 Å². The molecule has 15 heavy (non-hydrogen) atoms. The highest BCUT2D eigenvalue weighted by atomic mass is 16.3. The lowest BCUT2D eigenvalue weighted by Gasteiger charge is -2.06. The molecule has 0 N–H and O–H groups in total. The Bertz CT molecular complexity index is 461. The predicted molar refractivity (Wildman–Crippen MR) is 58.1 cm³/mol. The molecule has 2 aromatic rings. The van der Waals surface area contributed by atoms with Gasteiger partial charge in [0.1, 0.15) is 6.26 Å². The first-order chi connectivity index (χ1) is 7.20. The Hall–Kier alpha value is -1.83. The van der Waals surface area contributed by atoms with Gasteiger partial charge in [-0.2, -0.15) is 0 Å².